The van der Waals surface area contributed by atoms with Crippen LogP contribution < -0.4 is 16.0 Å². The lowest BCUT2D eigenvalue weighted by Gasteiger charge is -2.19. The molecule has 2 rings (SSSR count). The van der Waals surface area contributed by atoms with Gasteiger partial charge in [0.05, 0.1) is 19.0 Å². The predicted molar refractivity (Wildman–Crippen MR) is 124 cm³/mol. The van der Waals surface area contributed by atoms with Crippen LogP contribution in [0.2, 0.25) is 0 Å². The zero-order chi connectivity index (χ0) is 24.8. The number of anilines is 1. The average molecular weight is 475 g/mol. The van der Waals surface area contributed by atoms with Crippen LogP contribution in [0.3, 0.4) is 0 Å². The molecule has 11 heteroatoms. The van der Waals surface area contributed by atoms with Crippen LogP contribution in [-0.2, 0) is 19.1 Å². The zero-order valence-corrected chi connectivity index (χ0v) is 19.8. The van der Waals surface area contributed by atoms with Crippen LogP contribution in [0, 0.1) is 0 Å². The van der Waals surface area contributed by atoms with E-state index in [2.05, 4.69) is 32.3 Å². The molecule has 0 saturated heterocycles. The van der Waals surface area contributed by atoms with Crippen LogP contribution in [-0.4, -0.2) is 47.6 Å². The molecule has 0 aliphatic carbocycles. The van der Waals surface area contributed by atoms with E-state index in [1.54, 1.807) is 45.0 Å². The van der Waals surface area contributed by atoms with Gasteiger partial charge in [0.15, 0.2) is 0 Å². The van der Waals surface area contributed by atoms with Gasteiger partial charge in [-0.1, -0.05) is 6.58 Å². The highest BCUT2D eigenvalue weighted by atomic mass is 32.1. The second-order valence-corrected chi connectivity index (χ2v) is 8.92. The summed E-state index contributed by atoms with van der Waals surface area (Å²) in [7, 11) is 1.20. The Morgan fingerprint density at radius 3 is 2.33 bits per heavy atom. The molecule has 0 spiro atoms. The number of thiazole rings is 1. The van der Waals surface area contributed by atoms with E-state index in [-0.39, 0.29) is 10.6 Å². The molecule has 2 aromatic rings. The Bertz CT molecular complexity index is 1060. The third-order valence-electron chi connectivity index (χ3n) is 3.95. The lowest BCUT2D eigenvalue weighted by atomic mass is 10.2. The van der Waals surface area contributed by atoms with Crippen molar-refractivity contribution in [3.8, 4) is 10.6 Å². The number of nitrogens with zero attached hydrogens (tertiary/aromatic N) is 1. The van der Waals surface area contributed by atoms with Gasteiger partial charge in [-0.2, -0.15) is 0 Å². The van der Waals surface area contributed by atoms with E-state index >= 15 is 0 Å². The summed E-state index contributed by atoms with van der Waals surface area (Å²) < 4.78 is 9.74. The van der Waals surface area contributed by atoms with Crippen LogP contribution in [0.1, 0.15) is 37.4 Å². The Hall–Kier alpha value is -3.73. The van der Waals surface area contributed by atoms with Crippen molar-refractivity contribution in [1.29, 1.82) is 0 Å². The summed E-state index contributed by atoms with van der Waals surface area (Å²) in [5.74, 6) is -1.89. The lowest BCUT2D eigenvalue weighted by molar-refractivity contribution is -0.144. The maximum Gasteiger partial charge on any atom is 0.412 e. The number of hydrogen-bond donors (Lipinski definition) is 3. The summed E-state index contributed by atoms with van der Waals surface area (Å²) in [5.41, 5.74) is 0.458. The van der Waals surface area contributed by atoms with Crippen molar-refractivity contribution in [2.45, 2.75) is 39.3 Å². The third-order valence-corrected chi connectivity index (χ3v) is 4.99. The molecule has 1 atom stereocenters. The SMILES string of the molecule is C=C(NC(=O)c1cnc(-c2ccc(NC(=O)OC(C)(C)C)cc2)s1)C(=O)NC(C)C(=O)OC. The fourth-order valence-electron chi connectivity index (χ4n) is 2.41. The normalized spacial score (nSPS) is 11.7. The van der Waals surface area contributed by atoms with Crippen molar-refractivity contribution in [3.63, 3.8) is 0 Å². The topological polar surface area (TPSA) is 136 Å². The van der Waals surface area contributed by atoms with Gasteiger partial charge in [-0.05, 0) is 52.0 Å². The summed E-state index contributed by atoms with van der Waals surface area (Å²) in [6, 6.07) is 5.98. The number of nitrogens with one attached hydrogen (secondary N) is 3. The standard InChI is InChI=1S/C22H26N4O6S/c1-12(17(27)25-13(2)20(29)31-6)24-18(28)16-11-23-19(33-16)14-7-9-15(10-8-14)26-21(30)32-22(3,4)5/h7-11,13H,1H2,2-6H3,(H,24,28)(H,25,27)(H,26,30). The number of ether oxygens (including phenoxy) is 2. The van der Waals surface area contributed by atoms with Gasteiger partial charge in [0.1, 0.15) is 21.5 Å². The smallest absolute Gasteiger partial charge is 0.412 e. The van der Waals surface area contributed by atoms with E-state index < -0.39 is 35.5 Å². The molecular weight excluding hydrogens is 448 g/mol. The number of carbonyl (C=O) groups excluding carboxylic acids is 4. The highest BCUT2D eigenvalue weighted by Crippen LogP contribution is 2.26. The number of benzene rings is 1. The van der Waals surface area contributed by atoms with Crippen molar-refractivity contribution in [2.75, 3.05) is 12.4 Å². The van der Waals surface area contributed by atoms with Crippen molar-refractivity contribution in [3.05, 3.63) is 47.6 Å². The molecule has 176 valence electrons. The fraction of sp³-hybridized carbons (Fsp3) is 0.318. The third kappa shape index (κ3) is 7.72. The van der Waals surface area contributed by atoms with Gasteiger partial charge in [-0.25, -0.2) is 14.6 Å². The molecule has 1 aromatic heterocycles. The molecule has 0 radical (unpaired) electrons. The first kappa shape index (κ1) is 25.5. The number of carbonyl (C=O) groups is 4. The monoisotopic (exact) mass is 474 g/mol. The molecule has 3 amide bonds. The average Bonchev–Trinajstić information content (AvgIpc) is 3.22. The van der Waals surface area contributed by atoms with Crippen molar-refractivity contribution < 1.29 is 28.7 Å². The second kappa shape index (κ2) is 10.7. The molecule has 10 nitrogen and oxygen atoms in total. The van der Waals surface area contributed by atoms with Crippen LogP contribution in [0.4, 0.5) is 10.5 Å². The van der Waals surface area contributed by atoms with Gasteiger partial charge in [0.25, 0.3) is 11.8 Å². The molecule has 1 unspecified atom stereocenters. The van der Waals surface area contributed by atoms with Gasteiger partial charge in [-0.15, -0.1) is 11.3 Å². The van der Waals surface area contributed by atoms with E-state index in [9.17, 15) is 19.2 Å². The largest absolute Gasteiger partial charge is 0.467 e. The maximum absolute atomic E-state index is 12.4. The van der Waals surface area contributed by atoms with Crippen molar-refractivity contribution >= 4 is 40.9 Å². The minimum absolute atomic E-state index is 0.219. The van der Waals surface area contributed by atoms with Gasteiger partial charge in [0, 0.05) is 11.3 Å². The molecule has 0 bridgehead atoms. The Morgan fingerprint density at radius 1 is 1.12 bits per heavy atom. The Labute approximate surface area is 195 Å². The highest BCUT2D eigenvalue weighted by Gasteiger charge is 2.20. The van der Waals surface area contributed by atoms with Gasteiger partial charge in [-0.3, -0.25) is 14.9 Å². The molecular formula is C22H26N4O6S. The summed E-state index contributed by atoms with van der Waals surface area (Å²) in [6.45, 7) is 10.3. The van der Waals surface area contributed by atoms with Crippen LogP contribution in [0.25, 0.3) is 10.6 Å². The quantitative estimate of drug-likeness (QED) is 0.414. The molecule has 0 saturated carbocycles. The summed E-state index contributed by atoms with van der Waals surface area (Å²) in [6.07, 6.45) is 0.818. The lowest BCUT2D eigenvalue weighted by Crippen LogP contribution is -2.42. The molecule has 0 aliphatic rings. The van der Waals surface area contributed by atoms with E-state index in [1.165, 1.54) is 20.2 Å². The highest BCUT2D eigenvalue weighted by molar-refractivity contribution is 7.16. The minimum Gasteiger partial charge on any atom is -0.467 e. The number of methoxy groups -OCH3 is 1. The van der Waals surface area contributed by atoms with E-state index in [1.807, 2.05) is 0 Å². The zero-order valence-electron chi connectivity index (χ0n) is 19.0. The number of hydrogen-bond acceptors (Lipinski definition) is 8. The molecule has 1 heterocycles. The van der Waals surface area contributed by atoms with Crippen LogP contribution in [0.5, 0.6) is 0 Å². The number of rotatable bonds is 7. The van der Waals surface area contributed by atoms with Crippen LogP contribution >= 0.6 is 11.3 Å². The van der Waals surface area contributed by atoms with Crippen molar-refractivity contribution in [1.82, 2.24) is 15.6 Å². The minimum atomic E-state index is -0.890. The molecule has 1 aromatic carbocycles. The number of amides is 3. The summed E-state index contributed by atoms with van der Waals surface area (Å²) in [5, 5.41) is 7.96. The molecule has 3 N–H and O–H groups in total. The summed E-state index contributed by atoms with van der Waals surface area (Å²) in [4.78, 5) is 52.2. The van der Waals surface area contributed by atoms with E-state index in [4.69, 9.17) is 4.74 Å². The fourth-order valence-corrected chi connectivity index (χ4v) is 3.22. The van der Waals surface area contributed by atoms with Gasteiger partial charge >= 0.3 is 12.1 Å². The van der Waals surface area contributed by atoms with E-state index in [0.717, 1.165) is 16.9 Å². The molecule has 33 heavy (non-hydrogen) atoms. The summed E-state index contributed by atoms with van der Waals surface area (Å²) >= 11 is 1.12. The molecule has 0 aliphatic heterocycles. The predicted octanol–water partition coefficient (Wildman–Crippen LogP) is 3.08. The Kier molecular flexibility index (Phi) is 8.30. The first-order valence-electron chi connectivity index (χ1n) is 9.85. The van der Waals surface area contributed by atoms with Gasteiger partial charge < -0.3 is 20.1 Å². The Morgan fingerprint density at radius 2 is 1.76 bits per heavy atom. The molecule has 0 fully saturated rings. The maximum atomic E-state index is 12.4. The number of aromatic nitrogens is 1. The first-order chi connectivity index (χ1) is 15.4. The first-order valence-corrected chi connectivity index (χ1v) is 10.7. The van der Waals surface area contributed by atoms with E-state index in [0.29, 0.717) is 10.7 Å². The van der Waals surface area contributed by atoms with Gasteiger partial charge in [0.2, 0.25) is 0 Å². The van der Waals surface area contributed by atoms with Crippen LogP contribution in [0.15, 0.2) is 42.7 Å². The van der Waals surface area contributed by atoms with Crippen molar-refractivity contribution in [2.24, 2.45) is 0 Å². The number of esters is 1. The Balaban J connectivity index is 1.97. The second-order valence-electron chi connectivity index (χ2n) is 7.88.